The van der Waals surface area contributed by atoms with Crippen LogP contribution in [0, 0.1) is 0 Å². The molecule has 140 valence electrons. The maximum atomic E-state index is 13.1. The SMILES string of the molecule is O=C(C1CCCN1C(=O)c1cc(Cl)cc(Cl)c1)N1CCOC2(CCC2)C1. The van der Waals surface area contributed by atoms with Crippen LogP contribution in [0.1, 0.15) is 42.5 Å². The highest BCUT2D eigenvalue weighted by Crippen LogP contribution is 2.38. The Morgan fingerprint density at radius 3 is 2.46 bits per heavy atom. The van der Waals surface area contributed by atoms with Crippen molar-refractivity contribution in [2.24, 2.45) is 0 Å². The third-order valence-corrected chi connectivity index (χ3v) is 6.17. The average molecular weight is 397 g/mol. The first kappa shape index (κ1) is 18.1. The number of carbonyl (C=O) groups excluding carboxylic acids is 2. The van der Waals surface area contributed by atoms with Gasteiger partial charge in [0, 0.05) is 35.2 Å². The van der Waals surface area contributed by atoms with Gasteiger partial charge >= 0.3 is 0 Å². The Bertz CT molecular complexity index is 715. The normalized spacial score (nSPS) is 24.6. The van der Waals surface area contributed by atoms with E-state index in [0.717, 1.165) is 25.7 Å². The summed E-state index contributed by atoms with van der Waals surface area (Å²) in [6.45, 7) is 2.40. The van der Waals surface area contributed by atoms with Crippen molar-refractivity contribution in [3.05, 3.63) is 33.8 Å². The third kappa shape index (κ3) is 3.32. The summed E-state index contributed by atoms with van der Waals surface area (Å²) in [5, 5.41) is 0.839. The second kappa shape index (κ2) is 7.02. The van der Waals surface area contributed by atoms with E-state index in [-0.39, 0.29) is 17.4 Å². The van der Waals surface area contributed by atoms with Gasteiger partial charge in [-0.2, -0.15) is 0 Å². The number of halogens is 2. The number of nitrogens with zero attached hydrogens (tertiary/aromatic N) is 2. The molecule has 0 bridgehead atoms. The van der Waals surface area contributed by atoms with Crippen molar-refractivity contribution in [3.8, 4) is 0 Å². The predicted molar refractivity (Wildman–Crippen MR) is 99.6 cm³/mol. The highest BCUT2D eigenvalue weighted by molar-refractivity contribution is 6.35. The highest BCUT2D eigenvalue weighted by Gasteiger charge is 2.45. The van der Waals surface area contributed by atoms with Crippen LogP contribution >= 0.6 is 23.2 Å². The van der Waals surface area contributed by atoms with E-state index >= 15 is 0 Å². The van der Waals surface area contributed by atoms with E-state index in [1.165, 1.54) is 0 Å². The molecule has 0 radical (unpaired) electrons. The van der Waals surface area contributed by atoms with E-state index in [4.69, 9.17) is 27.9 Å². The van der Waals surface area contributed by atoms with Crippen molar-refractivity contribution in [1.82, 2.24) is 9.80 Å². The lowest BCUT2D eigenvalue weighted by Gasteiger charge is -2.49. The predicted octanol–water partition coefficient (Wildman–Crippen LogP) is 3.38. The molecule has 1 spiro atoms. The number of amides is 2. The summed E-state index contributed by atoms with van der Waals surface area (Å²) in [4.78, 5) is 29.7. The molecule has 3 fully saturated rings. The molecule has 2 aliphatic heterocycles. The Kier molecular flexibility index (Phi) is 4.88. The first-order valence-electron chi connectivity index (χ1n) is 9.17. The maximum absolute atomic E-state index is 13.1. The molecule has 0 N–H and O–H groups in total. The molecule has 4 rings (SSSR count). The van der Waals surface area contributed by atoms with Crippen LogP contribution in [0.25, 0.3) is 0 Å². The van der Waals surface area contributed by atoms with Crippen molar-refractivity contribution in [3.63, 3.8) is 0 Å². The molecule has 1 aromatic rings. The first-order valence-corrected chi connectivity index (χ1v) is 9.93. The summed E-state index contributed by atoms with van der Waals surface area (Å²) >= 11 is 12.1. The first-order chi connectivity index (χ1) is 12.5. The second-order valence-corrected chi connectivity index (χ2v) is 8.33. The minimum Gasteiger partial charge on any atom is -0.371 e. The Balaban J connectivity index is 1.50. The lowest BCUT2D eigenvalue weighted by atomic mass is 9.78. The zero-order valence-electron chi connectivity index (χ0n) is 14.5. The van der Waals surface area contributed by atoms with E-state index < -0.39 is 6.04 Å². The van der Waals surface area contributed by atoms with Crippen molar-refractivity contribution < 1.29 is 14.3 Å². The number of benzene rings is 1. The number of ether oxygens (including phenoxy) is 1. The maximum Gasteiger partial charge on any atom is 0.254 e. The molecule has 1 aromatic carbocycles. The van der Waals surface area contributed by atoms with Crippen molar-refractivity contribution in [2.75, 3.05) is 26.2 Å². The minimum absolute atomic E-state index is 0.0403. The zero-order valence-corrected chi connectivity index (χ0v) is 16.1. The van der Waals surface area contributed by atoms with Crippen molar-refractivity contribution in [2.45, 2.75) is 43.7 Å². The van der Waals surface area contributed by atoms with Gasteiger partial charge in [-0.3, -0.25) is 9.59 Å². The molecule has 26 heavy (non-hydrogen) atoms. The van der Waals surface area contributed by atoms with Gasteiger partial charge in [-0.05, 0) is 50.3 Å². The van der Waals surface area contributed by atoms with Gasteiger partial charge in [0.2, 0.25) is 5.91 Å². The molecule has 1 aliphatic carbocycles. The molecule has 0 aromatic heterocycles. The fraction of sp³-hybridized carbons (Fsp3) is 0.579. The number of hydrogen-bond acceptors (Lipinski definition) is 3. The zero-order chi connectivity index (χ0) is 18.3. The number of carbonyl (C=O) groups is 2. The van der Waals surface area contributed by atoms with Crippen LogP contribution in [0.5, 0.6) is 0 Å². The molecule has 2 saturated heterocycles. The monoisotopic (exact) mass is 396 g/mol. The smallest absolute Gasteiger partial charge is 0.254 e. The molecule has 2 amide bonds. The summed E-state index contributed by atoms with van der Waals surface area (Å²) in [6.07, 6.45) is 4.72. The Labute approximate surface area is 163 Å². The molecule has 2 heterocycles. The van der Waals surface area contributed by atoms with Crippen LogP contribution in [0.3, 0.4) is 0 Å². The minimum atomic E-state index is -0.407. The number of rotatable bonds is 2. The molecular formula is C19H22Cl2N2O3. The number of hydrogen-bond donors (Lipinski definition) is 0. The summed E-state index contributed by atoms with van der Waals surface area (Å²) in [6, 6.07) is 4.40. The third-order valence-electron chi connectivity index (χ3n) is 5.73. The molecule has 1 saturated carbocycles. The highest BCUT2D eigenvalue weighted by atomic mass is 35.5. The lowest BCUT2D eigenvalue weighted by Crippen LogP contribution is -2.59. The largest absolute Gasteiger partial charge is 0.371 e. The van der Waals surface area contributed by atoms with E-state index in [2.05, 4.69) is 0 Å². The van der Waals surface area contributed by atoms with E-state index in [0.29, 0.717) is 48.3 Å². The quantitative estimate of drug-likeness (QED) is 0.769. The lowest BCUT2D eigenvalue weighted by molar-refractivity contribution is -0.170. The fourth-order valence-corrected chi connectivity index (χ4v) is 4.75. The molecule has 5 nitrogen and oxygen atoms in total. The van der Waals surface area contributed by atoms with Crippen LogP contribution in [0.2, 0.25) is 10.0 Å². The van der Waals surface area contributed by atoms with Crippen LogP contribution in [0.15, 0.2) is 18.2 Å². The number of morpholine rings is 1. The van der Waals surface area contributed by atoms with Gasteiger partial charge in [-0.15, -0.1) is 0 Å². The summed E-state index contributed by atoms with van der Waals surface area (Å²) < 4.78 is 5.91. The summed E-state index contributed by atoms with van der Waals surface area (Å²) in [5.74, 6) is -0.143. The van der Waals surface area contributed by atoms with Crippen LogP contribution in [0.4, 0.5) is 0 Å². The Morgan fingerprint density at radius 2 is 1.81 bits per heavy atom. The fourth-order valence-electron chi connectivity index (χ4n) is 4.23. The van der Waals surface area contributed by atoms with Crippen molar-refractivity contribution >= 4 is 35.0 Å². The van der Waals surface area contributed by atoms with Gasteiger partial charge in [-0.1, -0.05) is 23.2 Å². The molecule has 7 heteroatoms. The molecular weight excluding hydrogens is 375 g/mol. The second-order valence-electron chi connectivity index (χ2n) is 7.46. The van der Waals surface area contributed by atoms with Gasteiger partial charge < -0.3 is 14.5 Å². The summed E-state index contributed by atoms with van der Waals surface area (Å²) in [5.41, 5.74) is 0.293. The van der Waals surface area contributed by atoms with Crippen LogP contribution in [-0.2, 0) is 9.53 Å². The average Bonchev–Trinajstić information content (AvgIpc) is 3.08. The number of likely N-dealkylation sites (tertiary alicyclic amines) is 1. The van der Waals surface area contributed by atoms with Crippen molar-refractivity contribution in [1.29, 1.82) is 0 Å². The Hall–Kier alpha value is -1.30. The van der Waals surface area contributed by atoms with E-state index in [9.17, 15) is 9.59 Å². The van der Waals surface area contributed by atoms with Crippen LogP contribution in [-0.4, -0.2) is 59.5 Å². The van der Waals surface area contributed by atoms with Gasteiger partial charge in [0.25, 0.3) is 5.91 Å². The van der Waals surface area contributed by atoms with Gasteiger partial charge in [0.1, 0.15) is 6.04 Å². The van der Waals surface area contributed by atoms with E-state index in [1.54, 1.807) is 23.1 Å². The molecule has 3 aliphatic rings. The van der Waals surface area contributed by atoms with Crippen LogP contribution < -0.4 is 0 Å². The van der Waals surface area contributed by atoms with E-state index in [1.807, 2.05) is 4.90 Å². The standard InChI is InChI=1S/C19H22Cl2N2O3/c20-14-9-13(10-15(21)11-14)17(24)23-6-1-3-16(23)18(25)22-7-8-26-19(12-22)4-2-5-19/h9-11,16H,1-8,12H2. The van der Waals surface area contributed by atoms with Gasteiger partial charge in [-0.25, -0.2) is 0 Å². The van der Waals surface area contributed by atoms with Gasteiger partial charge in [0.15, 0.2) is 0 Å². The molecule has 1 atom stereocenters. The van der Waals surface area contributed by atoms with Gasteiger partial charge in [0.05, 0.1) is 12.2 Å². The Morgan fingerprint density at radius 1 is 1.08 bits per heavy atom. The topological polar surface area (TPSA) is 49.9 Å². The molecule has 1 unspecified atom stereocenters. The summed E-state index contributed by atoms with van der Waals surface area (Å²) in [7, 11) is 0.